The molecule has 0 spiro atoms. The van der Waals surface area contributed by atoms with Crippen LogP contribution in [-0.2, 0) is 26.5 Å². The van der Waals surface area contributed by atoms with Crippen LogP contribution in [0, 0.1) is 45.2 Å². The summed E-state index contributed by atoms with van der Waals surface area (Å²) >= 11 is 0. The third-order valence-electron chi connectivity index (χ3n) is 7.99. The Morgan fingerprint density at radius 2 is 1.47 bits per heavy atom. The second-order valence-corrected chi connectivity index (χ2v) is 12.9. The molecule has 0 saturated carbocycles. The van der Waals surface area contributed by atoms with Gasteiger partial charge >= 0.3 is 0 Å². The van der Waals surface area contributed by atoms with Crippen molar-refractivity contribution in [2.45, 2.75) is 54.9 Å². The number of benzene rings is 3. The third-order valence-corrected chi connectivity index (χ3v) is 7.99. The Labute approximate surface area is 279 Å². The molecule has 45 heavy (non-hydrogen) atoms. The minimum absolute atomic E-state index is 0. The molecule has 0 saturated heterocycles. The van der Waals surface area contributed by atoms with Gasteiger partial charge in [0.25, 0.3) is 0 Å². The fraction of sp³-hybridized carbons (Fsp3) is 0.225. The smallest absolute Gasteiger partial charge is 0.130 e. The molecule has 0 aliphatic rings. The summed E-state index contributed by atoms with van der Waals surface area (Å²) in [6, 6.07) is 29.2. The molecule has 4 heterocycles. The van der Waals surface area contributed by atoms with Crippen LogP contribution in [0.2, 0.25) is 0 Å². The summed E-state index contributed by atoms with van der Waals surface area (Å²) in [5.41, 5.74) is 13.0. The Bertz CT molecular complexity index is 2120. The molecule has 0 fully saturated rings. The SMILES string of the molecule is Cc1c[c-]c(-c2cc(C)c(C)cn2)cc1.Cc1cnc(-c2[c-]ccc3c2oc2c4cccnc4ccc32)cc1CC(C)(C)C.[Ir]. The van der Waals surface area contributed by atoms with Gasteiger partial charge in [0.2, 0.25) is 0 Å². The number of rotatable bonds is 3. The van der Waals surface area contributed by atoms with Gasteiger partial charge in [-0.2, -0.15) is 0 Å². The Kier molecular flexibility index (Phi) is 9.34. The Hall–Kier alpha value is -4.18. The van der Waals surface area contributed by atoms with E-state index in [0.717, 1.165) is 61.8 Å². The maximum Gasteiger partial charge on any atom is 0.130 e. The van der Waals surface area contributed by atoms with Crippen molar-refractivity contribution < 1.29 is 24.5 Å². The zero-order valence-corrected chi connectivity index (χ0v) is 29.3. The van der Waals surface area contributed by atoms with Crippen molar-refractivity contribution in [1.82, 2.24) is 15.0 Å². The van der Waals surface area contributed by atoms with Gasteiger partial charge in [0.05, 0.1) is 11.1 Å². The van der Waals surface area contributed by atoms with Crippen LogP contribution in [0.25, 0.3) is 55.4 Å². The molecule has 3 aromatic carbocycles. The number of aromatic nitrogens is 3. The van der Waals surface area contributed by atoms with Crippen molar-refractivity contribution in [3.63, 3.8) is 0 Å². The molecular formula is C40H37IrN3O-2. The monoisotopic (exact) mass is 768 g/mol. The quantitative estimate of drug-likeness (QED) is 0.168. The number of fused-ring (bicyclic) bond motifs is 5. The van der Waals surface area contributed by atoms with Crippen LogP contribution in [0.15, 0.2) is 89.7 Å². The van der Waals surface area contributed by atoms with E-state index in [1.165, 1.54) is 27.8 Å². The van der Waals surface area contributed by atoms with Crippen LogP contribution in [-0.4, -0.2) is 15.0 Å². The molecule has 229 valence electrons. The molecule has 4 aromatic heterocycles. The molecule has 0 aliphatic carbocycles. The fourth-order valence-corrected chi connectivity index (χ4v) is 5.44. The maximum absolute atomic E-state index is 6.41. The molecule has 0 N–H and O–H groups in total. The Morgan fingerprint density at radius 1 is 0.711 bits per heavy atom. The average Bonchev–Trinajstić information content (AvgIpc) is 3.39. The normalized spacial score (nSPS) is 11.4. The Morgan fingerprint density at radius 3 is 2.20 bits per heavy atom. The second kappa shape index (κ2) is 13.0. The van der Waals surface area contributed by atoms with Gasteiger partial charge < -0.3 is 14.4 Å². The van der Waals surface area contributed by atoms with Gasteiger partial charge in [-0.3, -0.25) is 4.98 Å². The Balaban J connectivity index is 0.000000212. The van der Waals surface area contributed by atoms with E-state index in [0.29, 0.717) is 0 Å². The van der Waals surface area contributed by atoms with E-state index in [-0.39, 0.29) is 25.5 Å². The first kappa shape index (κ1) is 32.2. The molecule has 5 heteroatoms. The molecule has 0 unspecified atom stereocenters. The molecule has 7 aromatic rings. The van der Waals surface area contributed by atoms with Gasteiger partial charge in [-0.25, -0.2) is 0 Å². The fourth-order valence-electron chi connectivity index (χ4n) is 5.44. The molecule has 0 amide bonds. The van der Waals surface area contributed by atoms with Crippen molar-refractivity contribution in [3.05, 3.63) is 125 Å². The van der Waals surface area contributed by atoms with Crippen molar-refractivity contribution in [2.24, 2.45) is 5.41 Å². The molecule has 0 atom stereocenters. The standard InChI is InChI=1S/C26H23N2O.C14H14N.Ir/c1-16-15-28-23(13-17(16)14-26(2,3)4)21-8-5-7-18-19-10-11-22-20(9-6-12-27-22)25(19)29-24(18)21;1-10-4-6-13(7-5-10)14-8-11(2)12(3)9-15-14;/h5-7,9-13,15H,14H2,1-4H3;4-6,8-9H,1-3H3;/q2*-1;. The minimum atomic E-state index is 0. The number of nitrogens with zero attached hydrogens (tertiary/aromatic N) is 3. The first-order chi connectivity index (χ1) is 21.1. The third kappa shape index (κ3) is 6.91. The van der Waals surface area contributed by atoms with Crippen molar-refractivity contribution >= 4 is 32.8 Å². The van der Waals surface area contributed by atoms with Gasteiger partial charge in [0, 0.05) is 49.5 Å². The first-order valence-electron chi connectivity index (χ1n) is 15.1. The molecule has 0 bridgehead atoms. The van der Waals surface area contributed by atoms with E-state index in [1.54, 1.807) is 0 Å². The molecule has 7 rings (SSSR count). The summed E-state index contributed by atoms with van der Waals surface area (Å²) < 4.78 is 6.41. The molecule has 0 aliphatic heterocycles. The van der Waals surface area contributed by atoms with Crippen LogP contribution >= 0.6 is 0 Å². The number of furan rings is 1. The van der Waals surface area contributed by atoms with E-state index >= 15 is 0 Å². The number of pyridine rings is 3. The van der Waals surface area contributed by atoms with E-state index in [4.69, 9.17) is 9.40 Å². The zero-order valence-electron chi connectivity index (χ0n) is 26.9. The van der Waals surface area contributed by atoms with Gasteiger partial charge in [-0.1, -0.05) is 61.9 Å². The van der Waals surface area contributed by atoms with Crippen LogP contribution in [0.4, 0.5) is 0 Å². The predicted octanol–water partition coefficient (Wildman–Crippen LogP) is 10.4. The van der Waals surface area contributed by atoms with E-state index in [2.05, 4.69) is 119 Å². The molecule has 1 radical (unpaired) electrons. The van der Waals surface area contributed by atoms with E-state index in [1.807, 2.05) is 36.8 Å². The van der Waals surface area contributed by atoms with Crippen molar-refractivity contribution in [3.8, 4) is 22.5 Å². The van der Waals surface area contributed by atoms with E-state index in [9.17, 15) is 0 Å². The number of hydrogen-bond acceptors (Lipinski definition) is 4. The first-order valence-corrected chi connectivity index (χ1v) is 15.1. The number of hydrogen-bond donors (Lipinski definition) is 0. The van der Waals surface area contributed by atoms with E-state index < -0.39 is 0 Å². The summed E-state index contributed by atoms with van der Waals surface area (Å²) in [6.07, 6.45) is 6.69. The maximum atomic E-state index is 6.41. The predicted molar refractivity (Wildman–Crippen MR) is 182 cm³/mol. The summed E-state index contributed by atoms with van der Waals surface area (Å²) in [4.78, 5) is 13.6. The van der Waals surface area contributed by atoms with Gasteiger partial charge in [0.1, 0.15) is 5.58 Å². The minimum Gasteiger partial charge on any atom is -0.500 e. The van der Waals surface area contributed by atoms with Crippen LogP contribution < -0.4 is 0 Å². The van der Waals surface area contributed by atoms with Crippen LogP contribution in [0.1, 0.15) is 48.6 Å². The summed E-state index contributed by atoms with van der Waals surface area (Å²) in [7, 11) is 0. The van der Waals surface area contributed by atoms with Crippen molar-refractivity contribution in [1.29, 1.82) is 0 Å². The van der Waals surface area contributed by atoms with Crippen LogP contribution in [0.5, 0.6) is 0 Å². The molecule has 4 nitrogen and oxygen atoms in total. The van der Waals surface area contributed by atoms with Gasteiger partial charge in [0.15, 0.2) is 0 Å². The summed E-state index contributed by atoms with van der Waals surface area (Å²) in [5.74, 6) is 0. The number of aryl methyl sites for hydroxylation is 4. The summed E-state index contributed by atoms with van der Waals surface area (Å²) in [6.45, 7) is 15.2. The zero-order chi connectivity index (χ0) is 31.0. The van der Waals surface area contributed by atoms with Gasteiger partial charge in [-0.15, -0.1) is 53.6 Å². The van der Waals surface area contributed by atoms with Gasteiger partial charge in [-0.05, 0) is 79.4 Å². The topological polar surface area (TPSA) is 51.8 Å². The van der Waals surface area contributed by atoms with Crippen molar-refractivity contribution in [2.75, 3.05) is 0 Å². The van der Waals surface area contributed by atoms with Crippen LogP contribution in [0.3, 0.4) is 0 Å². The summed E-state index contributed by atoms with van der Waals surface area (Å²) in [5, 5.41) is 3.20. The average molecular weight is 768 g/mol. The second-order valence-electron chi connectivity index (χ2n) is 12.9. The molecular weight excluding hydrogens is 731 g/mol. The largest absolute Gasteiger partial charge is 0.500 e.